The van der Waals surface area contributed by atoms with E-state index in [-0.39, 0.29) is 24.0 Å². The predicted octanol–water partition coefficient (Wildman–Crippen LogP) is 4.89. The van der Waals surface area contributed by atoms with E-state index in [2.05, 4.69) is 19.9 Å². The first-order valence-electron chi connectivity index (χ1n) is 10.5. The molecule has 0 radical (unpaired) electrons. The molecule has 1 unspecified atom stereocenters. The van der Waals surface area contributed by atoms with Crippen LogP contribution in [0.5, 0.6) is 5.88 Å². The number of amides is 1. The summed E-state index contributed by atoms with van der Waals surface area (Å²) in [5.74, 6) is -4.39. The Balaban J connectivity index is 1.60. The lowest BCUT2D eigenvalue weighted by molar-refractivity contribution is -0.137. The number of carbonyl (C=O) groups is 1. The Kier molecular flexibility index (Phi) is 6.71. The lowest BCUT2D eigenvalue weighted by Gasteiger charge is -2.42. The van der Waals surface area contributed by atoms with Crippen molar-refractivity contribution in [3.05, 3.63) is 53.1 Å². The molecule has 13 heteroatoms. The van der Waals surface area contributed by atoms with Crippen molar-refractivity contribution in [2.75, 3.05) is 13.2 Å². The number of halogens is 5. The van der Waals surface area contributed by atoms with Crippen molar-refractivity contribution in [1.82, 2.24) is 24.8 Å². The van der Waals surface area contributed by atoms with Gasteiger partial charge in [-0.05, 0) is 25.0 Å². The molecule has 4 rings (SSSR count). The number of aryl methyl sites for hydroxylation is 1. The molecule has 0 aromatic carbocycles. The summed E-state index contributed by atoms with van der Waals surface area (Å²) in [5.41, 5.74) is -0.983. The second kappa shape index (κ2) is 9.44. The van der Waals surface area contributed by atoms with E-state index in [1.807, 2.05) is 0 Å². The Morgan fingerprint density at radius 2 is 1.94 bits per heavy atom. The van der Waals surface area contributed by atoms with Gasteiger partial charge in [-0.15, -0.1) is 11.3 Å². The van der Waals surface area contributed by atoms with E-state index in [4.69, 9.17) is 4.74 Å². The molecule has 2 atom stereocenters. The van der Waals surface area contributed by atoms with Gasteiger partial charge in [-0.25, -0.2) is 28.7 Å². The molecular formula is C22H20F5N5O2S. The molecule has 3 aromatic heterocycles. The van der Waals surface area contributed by atoms with Crippen LogP contribution in [0.1, 0.15) is 34.4 Å². The number of thiazole rings is 1. The number of rotatable bonds is 5. The average Bonchev–Trinajstić information content (AvgIpc) is 3.19. The van der Waals surface area contributed by atoms with Gasteiger partial charge in [-0.1, -0.05) is 6.92 Å². The number of pyridine rings is 1. The van der Waals surface area contributed by atoms with Gasteiger partial charge in [0.25, 0.3) is 11.8 Å². The van der Waals surface area contributed by atoms with Crippen LogP contribution in [0, 0.1) is 12.8 Å². The van der Waals surface area contributed by atoms with Gasteiger partial charge in [0.2, 0.25) is 5.88 Å². The Labute approximate surface area is 201 Å². The molecular weight excluding hydrogens is 493 g/mol. The van der Waals surface area contributed by atoms with Crippen molar-refractivity contribution >= 4 is 17.2 Å². The summed E-state index contributed by atoms with van der Waals surface area (Å²) >= 11 is 1.17. The number of ether oxygens (including phenoxy) is 1. The molecule has 0 aliphatic carbocycles. The van der Waals surface area contributed by atoms with E-state index in [0.717, 1.165) is 17.0 Å². The molecule has 1 aliphatic heterocycles. The van der Waals surface area contributed by atoms with Crippen LogP contribution in [-0.4, -0.2) is 55.9 Å². The fraction of sp³-hybridized carbons (Fsp3) is 0.409. The Bertz CT molecular complexity index is 1190. The molecule has 186 valence electrons. The highest BCUT2D eigenvalue weighted by molar-refractivity contribution is 7.15. The number of carbonyl (C=O) groups excluding carboxylic acids is 1. The quantitative estimate of drug-likeness (QED) is 0.452. The molecule has 1 fully saturated rings. The SMILES string of the molecule is Cc1nc(C(=O)N2CC(F)(F)C[C@@H](C)C2COc2ccc(C(F)(F)F)cn2)c(-c2ncccn2)s1. The first-order chi connectivity index (χ1) is 16.4. The van der Waals surface area contributed by atoms with Crippen LogP contribution in [0.4, 0.5) is 22.0 Å². The van der Waals surface area contributed by atoms with Crippen LogP contribution >= 0.6 is 11.3 Å². The molecule has 1 saturated heterocycles. The molecule has 0 N–H and O–H groups in total. The van der Waals surface area contributed by atoms with E-state index < -0.39 is 48.5 Å². The molecule has 3 aromatic rings. The van der Waals surface area contributed by atoms with Gasteiger partial charge in [-0.3, -0.25) is 4.79 Å². The standard InChI is InChI=1S/C22H20F5N5O2S/c1-12-8-21(23,24)11-32(15(12)10-34-16-5-4-14(9-30-16)22(25,26)27)20(33)17-18(35-13(2)31-17)19-28-6-3-7-29-19/h3-7,9,12,15H,8,10-11H2,1-2H3/t12-,15?/m1/s1. The number of aromatic nitrogens is 4. The molecule has 0 saturated carbocycles. The number of likely N-dealkylation sites (tertiary alicyclic amines) is 1. The van der Waals surface area contributed by atoms with Gasteiger partial charge >= 0.3 is 6.18 Å². The highest BCUT2D eigenvalue weighted by Crippen LogP contribution is 2.37. The highest BCUT2D eigenvalue weighted by atomic mass is 32.1. The monoisotopic (exact) mass is 513 g/mol. The topological polar surface area (TPSA) is 81.1 Å². The molecule has 1 amide bonds. The number of alkyl halides is 5. The van der Waals surface area contributed by atoms with Crippen molar-refractivity contribution in [1.29, 1.82) is 0 Å². The first kappa shape index (κ1) is 24.9. The minimum Gasteiger partial charge on any atom is -0.475 e. The minimum absolute atomic E-state index is 0.0405. The number of hydrogen-bond acceptors (Lipinski definition) is 7. The Hall–Kier alpha value is -3.22. The molecule has 4 heterocycles. The predicted molar refractivity (Wildman–Crippen MR) is 116 cm³/mol. The van der Waals surface area contributed by atoms with Crippen molar-refractivity contribution in [2.24, 2.45) is 5.92 Å². The fourth-order valence-electron chi connectivity index (χ4n) is 3.90. The van der Waals surface area contributed by atoms with E-state index in [0.29, 0.717) is 16.1 Å². The van der Waals surface area contributed by atoms with E-state index in [1.165, 1.54) is 23.7 Å². The second-order valence-electron chi connectivity index (χ2n) is 8.21. The maximum atomic E-state index is 14.5. The number of nitrogens with zero attached hydrogens (tertiary/aromatic N) is 5. The fourth-order valence-corrected chi connectivity index (χ4v) is 4.76. The zero-order chi connectivity index (χ0) is 25.4. The highest BCUT2D eigenvalue weighted by Gasteiger charge is 2.47. The van der Waals surface area contributed by atoms with Crippen molar-refractivity contribution < 1.29 is 31.5 Å². The molecule has 1 aliphatic rings. The molecule has 7 nitrogen and oxygen atoms in total. The summed E-state index contributed by atoms with van der Waals surface area (Å²) in [6.07, 6.45) is -1.41. The van der Waals surface area contributed by atoms with Crippen molar-refractivity contribution in [3.8, 4) is 16.6 Å². The Morgan fingerprint density at radius 1 is 1.23 bits per heavy atom. The van der Waals surface area contributed by atoms with E-state index in [9.17, 15) is 26.7 Å². The summed E-state index contributed by atoms with van der Waals surface area (Å²) < 4.78 is 72.8. The normalized spacial score (nSPS) is 20.0. The van der Waals surface area contributed by atoms with Crippen LogP contribution in [0.15, 0.2) is 36.8 Å². The van der Waals surface area contributed by atoms with Crippen LogP contribution in [0.3, 0.4) is 0 Å². The van der Waals surface area contributed by atoms with Gasteiger partial charge < -0.3 is 9.64 Å². The lowest BCUT2D eigenvalue weighted by atomic mass is 9.88. The molecule has 0 bridgehead atoms. The van der Waals surface area contributed by atoms with E-state index >= 15 is 0 Å². The van der Waals surface area contributed by atoms with Gasteiger partial charge in [0.1, 0.15) is 11.5 Å². The van der Waals surface area contributed by atoms with Crippen LogP contribution in [0.2, 0.25) is 0 Å². The summed E-state index contributed by atoms with van der Waals surface area (Å²) in [6.45, 7) is 2.16. The minimum atomic E-state index is -4.55. The van der Waals surface area contributed by atoms with E-state index in [1.54, 1.807) is 19.9 Å². The lowest BCUT2D eigenvalue weighted by Crippen LogP contribution is -2.57. The smallest absolute Gasteiger partial charge is 0.417 e. The van der Waals surface area contributed by atoms with Crippen molar-refractivity contribution in [2.45, 2.75) is 38.4 Å². The zero-order valence-corrected chi connectivity index (χ0v) is 19.4. The molecule has 35 heavy (non-hydrogen) atoms. The summed E-state index contributed by atoms with van der Waals surface area (Å²) in [4.78, 5) is 31.1. The number of piperidine rings is 1. The van der Waals surface area contributed by atoms with Crippen molar-refractivity contribution in [3.63, 3.8) is 0 Å². The second-order valence-corrected chi connectivity index (χ2v) is 9.42. The van der Waals surface area contributed by atoms with Crippen LogP contribution in [0.25, 0.3) is 10.7 Å². The van der Waals surface area contributed by atoms with Gasteiger partial charge in [0, 0.05) is 31.1 Å². The maximum Gasteiger partial charge on any atom is 0.417 e. The Morgan fingerprint density at radius 3 is 2.57 bits per heavy atom. The largest absolute Gasteiger partial charge is 0.475 e. The third-order valence-corrected chi connectivity index (χ3v) is 6.48. The van der Waals surface area contributed by atoms with Crippen LogP contribution < -0.4 is 4.74 Å². The van der Waals surface area contributed by atoms with Crippen LogP contribution in [-0.2, 0) is 6.18 Å². The first-order valence-corrected chi connectivity index (χ1v) is 11.4. The molecule has 0 spiro atoms. The third-order valence-electron chi connectivity index (χ3n) is 5.51. The third kappa shape index (κ3) is 5.55. The summed E-state index contributed by atoms with van der Waals surface area (Å²) in [6, 6.07) is 2.67. The van der Waals surface area contributed by atoms with Gasteiger partial charge in [0.05, 0.1) is 23.2 Å². The average molecular weight is 513 g/mol. The van der Waals surface area contributed by atoms with Gasteiger partial charge in [-0.2, -0.15) is 13.2 Å². The van der Waals surface area contributed by atoms with Gasteiger partial charge in [0.15, 0.2) is 11.5 Å². The summed E-state index contributed by atoms with van der Waals surface area (Å²) in [5, 5.41) is 0.536. The maximum absolute atomic E-state index is 14.5. The zero-order valence-electron chi connectivity index (χ0n) is 18.6. The number of hydrogen-bond donors (Lipinski definition) is 0. The summed E-state index contributed by atoms with van der Waals surface area (Å²) in [7, 11) is 0.